The summed E-state index contributed by atoms with van der Waals surface area (Å²) in [5.41, 5.74) is 0. The quantitative estimate of drug-likeness (QED) is 0.491. The Bertz CT molecular complexity index is 134. The average Bonchev–Trinajstić information content (AvgIpc) is 2.02. The molecule has 0 aromatic heterocycles. The van der Waals surface area contributed by atoms with Crippen molar-refractivity contribution in [3.8, 4) is 0 Å². The van der Waals surface area contributed by atoms with Crippen molar-refractivity contribution >= 4 is 6.16 Å². The van der Waals surface area contributed by atoms with Crippen molar-refractivity contribution in [3.05, 3.63) is 0 Å². The average molecular weight is 188 g/mol. The highest BCUT2D eigenvalue weighted by molar-refractivity contribution is 5.56. The normalized spacial score (nSPS) is 12.5. The SMILES string of the molecule is CCCCCCCC(C)OC(=O)O. The van der Waals surface area contributed by atoms with E-state index in [0.29, 0.717) is 0 Å². The fraction of sp³-hybridized carbons (Fsp3) is 0.900. The maximum Gasteiger partial charge on any atom is 0.506 e. The van der Waals surface area contributed by atoms with Gasteiger partial charge in [0.2, 0.25) is 0 Å². The lowest BCUT2D eigenvalue weighted by molar-refractivity contribution is 0.0548. The standard InChI is InChI=1S/C10H20O3/c1-3-4-5-6-7-8-9(2)13-10(11)12/h9H,3-8H2,1-2H3,(H,11,12). The Hall–Kier alpha value is -0.730. The molecular weight excluding hydrogens is 168 g/mol. The molecule has 0 aromatic rings. The molecule has 0 aliphatic heterocycles. The van der Waals surface area contributed by atoms with E-state index in [0.717, 1.165) is 12.8 Å². The van der Waals surface area contributed by atoms with Gasteiger partial charge < -0.3 is 9.84 Å². The minimum atomic E-state index is -1.17. The van der Waals surface area contributed by atoms with Crippen LogP contribution in [-0.4, -0.2) is 17.4 Å². The minimum absolute atomic E-state index is 0.154. The molecule has 0 fully saturated rings. The van der Waals surface area contributed by atoms with Crippen LogP contribution < -0.4 is 0 Å². The largest absolute Gasteiger partial charge is 0.506 e. The monoisotopic (exact) mass is 188 g/mol. The molecule has 0 amide bonds. The maximum atomic E-state index is 10.1. The second-order valence-corrected chi connectivity index (χ2v) is 3.40. The number of unbranched alkanes of at least 4 members (excludes halogenated alkanes) is 4. The van der Waals surface area contributed by atoms with Gasteiger partial charge in [-0.3, -0.25) is 0 Å². The molecule has 0 aromatic carbocycles. The molecular formula is C10H20O3. The topological polar surface area (TPSA) is 46.5 Å². The van der Waals surface area contributed by atoms with Crippen LogP contribution in [0.4, 0.5) is 4.79 Å². The molecule has 3 nitrogen and oxygen atoms in total. The lowest BCUT2D eigenvalue weighted by Gasteiger charge is -2.09. The minimum Gasteiger partial charge on any atom is -0.450 e. The summed E-state index contributed by atoms with van der Waals surface area (Å²) < 4.78 is 4.57. The number of rotatable bonds is 7. The van der Waals surface area contributed by atoms with Crippen molar-refractivity contribution in [1.82, 2.24) is 0 Å². The molecule has 0 aliphatic carbocycles. The van der Waals surface area contributed by atoms with Gasteiger partial charge in [-0.25, -0.2) is 4.79 Å². The smallest absolute Gasteiger partial charge is 0.450 e. The Morgan fingerprint density at radius 2 is 1.92 bits per heavy atom. The fourth-order valence-electron chi connectivity index (χ4n) is 1.27. The maximum absolute atomic E-state index is 10.1. The summed E-state index contributed by atoms with van der Waals surface area (Å²) in [7, 11) is 0. The van der Waals surface area contributed by atoms with Gasteiger partial charge in [-0.2, -0.15) is 0 Å². The number of hydrogen-bond donors (Lipinski definition) is 1. The van der Waals surface area contributed by atoms with Crippen molar-refractivity contribution in [3.63, 3.8) is 0 Å². The summed E-state index contributed by atoms with van der Waals surface area (Å²) in [5, 5.41) is 8.30. The van der Waals surface area contributed by atoms with Crippen LogP contribution >= 0.6 is 0 Å². The van der Waals surface area contributed by atoms with Crippen LogP contribution in [-0.2, 0) is 4.74 Å². The van der Waals surface area contributed by atoms with Crippen LogP contribution in [0.2, 0.25) is 0 Å². The lowest BCUT2D eigenvalue weighted by atomic mass is 10.1. The van der Waals surface area contributed by atoms with Gasteiger partial charge >= 0.3 is 6.16 Å². The summed E-state index contributed by atoms with van der Waals surface area (Å²) in [6.07, 6.45) is 5.53. The van der Waals surface area contributed by atoms with Gasteiger partial charge in [0.05, 0.1) is 0 Å². The van der Waals surface area contributed by atoms with Gasteiger partial charge in [-0.1, -0.05) is 32.6 Å². The molecule has 1 atom stereocenters. The third kappa shape index (κ3) is 9.18. The zero-order valence-electron chi connectivity index (χ0n) is 8.58. The predicted octanol–water partition coefficient (Wildman–Crippen LogP) is 3.43. The van der Waals surface area contributed by atoms with Gasteiger partial charge in [-0.05, 0) is 19.8 Å². The van der Waals surface area contributed by atoms with Gasteiger partial charge in [0.25, 0.3) is 0 Å². The first kappa shape index (κ1) is 12.3. The van der Waals surface area contributed by atoms with Crippen molar-refractivity contribution in [2.45, 2.75) is 58.5 Å². The molecule has 0 bridgehead atoms. The number of ether oxygens (including phenoxy) is 1. The van der Waals surface area contributed by atoms with E-state index in [2.05, 4.69) is 11.7 Å². The summed E-state index contributed by atoms with van der Waals surface area (Å²) in [6.45, 7) is 3.98. The molecule has 0 radical (unpaired) electrons. The Labute approximate surface area is 80.1 Å². The highest BCUT2D eigenvalue weighted by Crippen LogP contribution is 2.08. The van der Waals surface area contributed by atoms with Gasteiger partial charge in [0, 0.05) is 0 Å². The van der Waals surface area contributed by atoms with Crippen molar-refractivity contribution in [1.29, 1.82) is 0 Å². The van der Waals surface area contributed by atoms with E-state index in [-0.39, 0.29) is 6.10 Å². The summed E-state index contributed by atoms with van der Waals surface area (Å²) in [5.74, 6) is 0. The molecule has 0 aliphatic rings. The van der Waals surface area contributed by atoms with Crippen molar-refractivity contribution < 1.29 is 14.6 Å². The number of carbonyl (C=O) groups is 1. The fourth-order valence-corrected chi connectivity index (χ4v) is 1.27. The van der Waals surface area contributed by atoms with Gasteiger partial charge in [0.15, 0.2) is 0 Å². The third-order valence-electron chi connectivity index (χ3n) is 2.02. The molecule has 3 heteroatoms. The predicted molar refractivity (Wildman–Crippen MR) is 51.9 cm³/mol. The summed E-state index contributed by atoms with van der Waals surface area (Å²) in [4.78, 5) is 10.1. The zero-order valence-corrected chi connectivity index (χ0v) is 8.58. The molecule has 1 N–H and O–H groups in total. The molecule has 0 spiro atoms. The van der Waals surface area contributed by atoms with E-state index < -0.39 is 6.16 Å². The van der Waals surface area contributed by atoms with E-state index in [1.807, 2.05) is 0 Å². The molecule has 13 heavy (non-hydrogen) atoms. The van der Waals surface area contributed by atoms with Crippen LogP contribution in [0.3, 0.4) is 0 Å². The van der Waals surface area contributed by atoms with Gasteiger partial charge in [-0.15, -0.1) is 0 Å². The van der Waals surface area contributed by atoms with Crippen LogP contribution in [0.5, 0.6) is 0 Å². The van der Waals surface area contributed by atoms with Crippen LogP contribution in [0.1, 0.15) is 52.4 Å². The molecule has 0 saturated heterocycles. The van der Waals surface area contributed by atoms with Crippen LogP contribution in [0.25, 0.3) is 0 Å². The van der Waals surface area contributed by atoms with E-state index in [1.165, 1.54) is 25.7 Å². The zero-order chi connectivity index (χ0) is 10.1. The lowest BCUT2D eigenvalue weighted by Crippen LogP contribution is -2.12. The van der Waals surface area contributed by atoms with E-state index in [9.17, 15) is 4.79 Å². The Kier molecular flexibility index (Phi) is 7.45. The first-order chi connectivity index (χ1) is 6.16. The first-order valence-electron chi connectivity index (χ1n) is 5.06. The Morgan fingerprint density at radius 1 is 1.31 bits per heavy atom. The Morgan fingerprint density at radius 3 is 2.46 bits per heavy atom. The molecule has 0 rings (SSSR count). The molecule has 0 heterocycles. The molecule has 1 unspecified atom stereocenters. The third-order valence-corrected chi connectivity index (χ3v) is 2.02. The summed E-state index contributed by atoms with van der Waals surface area (Å²) >= 11 is 0. The molecule has 78 valence electrons. The number of carboxylic acid groups (broad SMARTS) is 1. The first-order valence-corrected chi connectivity index (χ1v) is 5.06. The molecule has 0 saturated carbocycles. The van der Waals surface area contributed by atoms with E-state index in [4.69, 9.17) is 5.11 Å². The van der Waals surface area contributed by atoms with E-state index in [1.54, 1.807) is 6.92 Å². The van der Waals surface area contributed by atoms with Gasteiger partial charge in [0.1, 0.15) is 6.10 Å². The highest BCUT2D eigenvalue weighted by Gasteiger charge is 2.05. The van der Waals surface area contributed by atoms with E-state index >= 15 is 0 Å². The highest BCUT2D eigenvalue weighted by atomic mass is 16.7. The van der Waals surface area contributed by atoms with Crippen molar-refractivity contribution in [2.24, 2.45) is 0 Å². The van der Waals surface area contributed by atoms with Crippen LogP contribution in [0, 0.1) is 0 Å². The van der Waals surface area contributed by atoms with Crippen LogP contribution in [0.15, 0.2) is 0 Å². The number of hydrogen-bond acceptors (Lipinski definition) is 2. The second kappa shape index (κ2) is 7.90. The summed E-state index contributed by atoms with van der Waals surface area (Å²) in [6, 6.07) is 0. The Balaban J connectivity index is 3.17. The second-order valence-electron chi connectivity index (χ2n) is 3.40. The van der Waals surface area contributed by atoms with Crippen molar-refractivity contribution in [2.75, 3.05) is 0 Å².